The number of rotatable bonds is 4. The van der Waals surface area contributed by atoms with Crippen LogP contribution < -0.4 is 5.32 Å². The van der Waals surface area contributed by atoms with E-state index in [4.69, 9.17) is 4.74 Å². The van der Waals surface area contributed by atoms with E-state index in [9.17, 15) is 17.6 Å². The van der Waals surface area contributed by atoms with E-state index in [1.807, 2.05) is 13.8 Å². The molecule has 1 amide bonds. The van der Waals surface area contributed by atoms with Crippen molar-refractivity contribution in [1.82, 2.24) is 23.7 Å². The van der Waals surface area contributed by atoms with Crippen molar-refractivity contribution in [3.8, 4) is 0 Å². The summed E-state index contributed by atoms with van der Waals surface area (Å²) in [6.07, 6.45) is 1.67. The number of fused-ring (bicyclic) bond motifs is 1. The van der Waals surface area contributed by atoms with Crippen molar-refractivity contribution in [2.45, 2.75) is 83.0 Å². The van der Waals surface area contributed by atoms with E-state index >= 15 is 4.39 Å². The minimum Gasteiger partial charge on any atom is -0.444 e. The van der Waals surface area contributed by atoms with E-state index in [2.05, 4.69) is 15.3 Å². The minimum atomic E-state index is -3.46. The highest BCUT2D eigenvalue weighted by atomic mass is 32.2. The van der Waals surface area contributed by atoms with Crippen LogP contribution in [-0.2, 0) is 14.8 Å². The molecule has 0 radical (unpaired) electrons. The fraction of sp³-hybridized carbons (Fsp3) is 0.708. The Balaban J connectivity index is 1.53. The summed E-state index contributed by atoms with van der Waals surface area (Å²) in [6.45, 7) is 8.93. The molecule has 2 aliphatic rings. The molecule has 10 nitrogen and oxygen atoms in total. The molecule has 0 bridgehead atoms. The predicted molar refractivity (Wildman–Crippen MR) is 136 cm³/mol. The molecule has 37 heavy (non-hydrogen) atoms. The van der Waals surface area contributed by atoms with Gasteiger partial charge in [0, 0.05) is 36.4 Å². The number of halogens is 2. The molecule has 0 unspecified atom stereocenters. The van der Waals surface area contributed by atoms with Gasteiger partial charge in [-0.1, -0.05) is 0 Å². The number of nitrogens with zero attached hydrogens (tertiary/aromatic N) is 5. The molecule has 2 aromatic heterocycles. The summed E-state index contributed by atoms with van der Waals surface area (Å²) >= 11 is 0. The third-order valence-electron chi connectivity index (χ3n) is 6.93. The number of piperidine rings is 2. The van der Waals surface area contributed by atoms with Gasteiger partial charge < -0.3 is 19.5 Å². The summed E-state index contributed by atoms with van der Waals surface area (Å²) in [5, 5.41) is 3.69. The number of amides is 1. The molecule has 2 fully saturated rings. The molecule has 0 saturated carbocycles. The lowest BCUT2D eigenvalue weighted by molar-refractivity contribution is -0.0332. The maximum atomic E-state index is 15.6. The lowest BCUT2D eigenvalue weighted by Gasteiger charge is -2.47. The number of hydrogen-bond acceptors (Lipinski definition) is 7. The zero-order chi connectivity index (χ0) is 27.3. The van der Waals surface area contributed by atoms with Gasteiger partial charge in [0.15, 0.2) is 0 Å². The fourth-order valence-electron chi connectivity index (χ4n) is 4.99. The van der Waals surface area contributed by atoms with Gasteiger partial charge in [0.05, 0.1) is 24.9 Å². The first kappa shape index (κ1) is 27.5. The number of nitrogens with one attached hydrogen (secondary N) is 1. The Hall–Kier alpha value is -2.54. The molecular weight excluding hydrogens is 506 g/mol. The Labute approximate surface area is 216 Å². The molecule has 2 aromatic rings. The highest BCUT2D eigenvalue weighted by Crippen LogP contribution is 2.38. The van der Waals surface area contributed by atoms with Gasteiger partial charge in [-0.15, -0.1) is 0 Å². The molecule has 4 rings (SSSR count). The number of hydrogen-bond donors (Lipinski definition) is 1. The summed E-state index contributed by atoms with van der Waals surface area (Å²) < 4.78 is 62.2. The van der Waals surface area contributed by atoms with Gasteiger partial charge in [-0.2, -0.15) is 9.29 Å². The van der Waals surface area contributed by atoms with Gasteiger partial charge in [-0.05, 0) is 53.5 Å². The smallest absolute Gasteiger partial charge is 0.410 e. The highest BCUT2D eigenvalue weighted by Gasteiger charge is 2.45. The topological polar surface area (TPSA) is 110 Å². The van der Waals surface area contributed by atoms with Gasteiger partial charge in [0.25, 0.3) is 0 Å². The zero-order valence-electron chi connectivity index (χ0n) is 22.1. The van der Waals surface area contributed by atoms with Crippen LogP contribution in [0, 0.1) is 0 Å². The Morgan fingerprint density at radius 2 is 1.92 bits per heavy atom. The maximum Gasteiger partial charge on any atom is 0.410 e. The van der Waals surface area contributed by atoms with Crippen molar-refractivity contribution in [1.29, 1.82) is 0 Å². The molecule has 4 atom stereocenters. The van der Waals surface area contributed by atoms with Crippen LogP contribution in [0.4, 0.5) is 19.5 Å². The molecule has 1 N–H and O–H groups in total. The Morgan fingerprint density at radius 1 is 1.22 bits per heavy atom. The van der Waals surface area contributed by atoms with Crippen molar-refractivity contribution < 1.29 is 26.7 Å². The number of ether oxygens (including phenoxy) is 1. The molecule has 2 saturated heterocycles. The number of carbonyl (C=O) groups excluding carboxylic acids is 1. The number of likely N-dealkylation sites (tertiary alicyclic amines) is 1. The second kappa shape index (κ2) is 9.64. The summed E-state index contributed by atoms with van der Waals surface area (Å²) in [5.41, 5.74) is -0.863. The minimum absolute atomic E-state index is 0.120. The normalized spacial score (nSPS) is 27.3. The molecular formula is C24H36F2N6O4S. The monoisotopic (exact) mass is 542 g/mol. The van der Waals surface area contributed by atoms with Gasteiger partial charge in [-0.3, -0.25) is 0 Å². The van der Waals surface area contributed by atoms with Crippen LogP contribution in [0.3, 0.4) is 0 Å². The van der Waals surface area contributed by atoms with Crippen LogP contribution in [0.15, 0.2) is 18.5 Å². The Bertz CT molecular complexity index is 1260. The Morgan fingerprint density at radius 3 is 2.54 bits per heavy atom. The van der Waals surface area contributed by atoms with E-state index in [1.54, 1.807) is 43.8 Å². The second-order valence-corrected chi connectivity index (χ2v) is 13.5. The van der Waals surface area contributed by atoms with Crippen molar-refractivity contribution in [3.05, 3.63) is 18.5 Å². The number of carbonyl (C=O) groups is 1. The molecule has 13 heteroatoms. The largest absolute Gasteiger partial charge is 0.444 e. The van der Waals surface area contributed by atoms with Gasteiger partial charge in [0.2, 0.25) is 16.0 Å². The third kappa shape index (κ3) is 5.97. The summed E-state index contributed by atoms with van der Waals surface area (Å²) in [4.78, 5) is 23.0. The van der Waals surface area contributed by atoms with Crippen molar-refractivity contribution >= 4 is 33.1 Å². The van der Waals surface area contributed by atoms with Crippen LogP contribution in [-0.4, -0.2) is 93.7 Å². The lowest BCUT2D eigenvalue weighted by Crippen LogP contribution is -2.58. The third-order valence-corrected chi connectivity index (χ3v) is 8.20. The second-order valence-electron chi connectivity index (χ2n) is 11.6. The average Bonchev–Trinajstić information content (AvgIpc) is 3.17. The molecule has 0 aliphatic carbocycles. The Kier molecular flexibility index (Phi) is 7.17. The average molecular weight is 543 g/mol. The summed E-state index contributed by atoms with van der Waals surface area (Å²) in [6, 6.07) is 0.561. The molecule has 2 aliphatic heterocycles. The van der Waals surface area contributed by atoms with Crippen molar-refractivity contribution in [2.75, 3.05) is 31.2 Å². The van der Waals surface area contributed by atoms with E-state index in [1.165, 1.54) is 4.90 Å². The first-order chi connectivity index (χ1) is 17.0. The van der Waals surface area contributed by atoms with E-state index in [0.717, 1.165) is 10.6 Å². The molecule has 0 spiro atoms. The number of sulfonamides is 1. The highest BCUT2D eigenvalue weighted by molar-refractivity contribution is 7.88. The van der Waals surface area contributed by atoms with Crippen molar-refractivity contribution in [2.24, 2.45) is 0 Å². The standard InChI is InChI=1S/C24H36F2N6O4S/c1-23(2,3)36-22(33)32-14-17(26)19(11-24(32,4)5)31-10-7-15-12-27-21(29-20(15)31)28-18-8-9-30(13-16(18)25)37(6,34)35/h7,10,12,16-19H,8-9,11,13-14H2,1-6H3,(H,27,28,29)/t16-,17+,18-,19-/m1/s1. The summed E-state index contributed by atoms with van der Waals surface area (Å²) in [7, 11) is -3.46. The van der Waals surface area contributed by atoms with E-state index in [-0.39, 0.29) is 32.0 Å². The van der Waals surface area contributed by atoms with Gasteiger partial charge >= 0.3 is 6.09 Å². The van der Waals surface area contributed by atoms with E-state index in [0.29, 0.717) is 17.5 Å². The molecule has 206 valence electrons. The first-order valence-corrected chi connectivity index (χ1v) is 14.2. The first-order valence-electron chi connectivity index (χ1n) is 12.4. The maximum absolute atomic E-state index is 15.6. The van der Waals surface area contributed by atoms with Gasteiger partial charge in [-0.25, -0.2) is 27.0 Å². The van der Waals surface area contributed by atoms with Crippen molar-refractivity contribution in [3.63, 3.8) is 0 Å². The van der Waals surface area contributed by atoms with Crippen LogP contribution in [0.25, 0.3) is 11.0 Å². The quantitative estimate of drug-likeness (QED) is 0.630. The molecule has 4 heterocycles. The number of aromatic nitrogens is 3. The SMILES string of the molecule is CC(C)(C)OC(=O)N1C[C@H](F)[C@H](n2ccc3cnc(N[C@@H]4CCN(S(C)(=O)=O)C[C@H]4F)nc32)CC1(C)C. The zero-order valence-corrected chi connectivity index (χ0v) is 22.9. The number of anilines is 1. The predicted octanol–water partition coefficient (Wildman–Crippen LogP) is 3.51. The van der Waals surface area contributed by atoms with Crippen LogP contribution in [0.5, 0.6) is 0 Å². The molecule has 0 aromatic carbocycles. The van der Waals surface area contributed by atoms with Crippen LogP contribution in [0.2, 0.25) is 0 Å². The van der Waals surface area contributed by atoms with Crippen LogP contribution >= 0.6 is 0 Å². The summed E-state index contributed by atoms with van der Waals surface area (Å²) in [5.74, 6) is 0.189. The van der Waals surface area contributed by atoms with E-state index < -0.39 is 51.7 Å². The number of alkyl halides is 2. The fourth-order valence-corrected chi connectivity index (χ4v) is 5.84. The van der Waals surface area contributed by atoms with Crippen LogP contribution in [0.1, 0.15) is 53.5 Å². The lowest BCUT2D eigenvalue weighted by atomic mass is 9.86. The van der Waals surface area contributed by atoms with Gasteiger partial charge in [0.1, 0.15) is 23.6 Å².